The van der Waals surface area contributed by atoms with Crippen molar-refractivity contribution in [1.82, 2.24) is 0 Å². The van der Waals surface area contributed by atoms with Gasteiger partial charge in [-0.05, 0) is 23.3 Å². The minimum absolute atomic E-state index is 0.694. The molecule has 2 N–H and O–H groups in total. The Morgan fingerprint density at radius 2 is 1.76 bits per heavy atom. The molecule has 0 spiro atoms. The van der Waals surface area contributed by atoms with Crippen LogP contribution in [0.15, 0.2) is 48.5 Å². The van der Waals surface area contributed by atoms with Gasteiger partial charge in [0, 0.05) is 22.2 Å². The molecule has 0 aliphatic carbocycles. The molecule has 0 amide bonds. The van der Waals surface area contributed by atoms with Gasteiger partial charge in [-0.2, -0.15) is 11.8 Å². The molecular formula is C14H14ClNS. The molecule has 0 saturated carbocycles. The molecule has 0 fully saturated rings. The standard InChI is InChI=1S/C14H14ClNS/c15-13-7-6-12(14(16)8-13)10-17-9-11-4-2-1-3-5-11/h1-8H,9-10,16H2. The third-order valence-corrected chi connectivity index (χ3v) is 3.76. The first-order chi connectivity index (χ1) is 8.25. The Bertz CT molecular complexity index is 485. The fourth-order valence-electron chi connectivity index (χ4n) is 1.55. The molecule has 0 bridgehead atoms. The molecule has 3 heteroatoms. The van der Waals surface area contributed by atoms with E-state index in [0.717, 1.165) is 22.8 Å². The summed E-state index contributed by atoms with van der Waals surface area (Å²) < 4.78 is 0. The number of benzene rings is 2. The van der Waals surface area contributed by atoms with Crippen LogP contribution in [-0.2, 0) is 11.5 Å². The first kappa shape index (κ1) is 12.3. The van der Waals surface area contributed by atoms with Crippen LogP contribution >= 0.6 is 23.4 Å². The Morgan fingerprint density at radius 1 is 1.00 bits per heavy atom. The van der Waals surface area contributed by atoms with Gasteiger partial charge in [0.25, 0.3) is 0 Å². The highest BCUT2D eigenvalue weighted by molar-refractivity contribution is 7.97. The summed E-state index contributed by atoms with van der Waals surface area (Å²) in [4.78, 5) is 0. The molecule has 0 radical (unpaired) electrons. The first-order valence-electron chi connectivity index (χ1n) is 5.41. The number of nitrogens with two attached hydrogens (primary N) is 1. The van der Waals surface area contributed by atoms with Gasteiger partial charge in [-0.1, -0.05) is 48.0 Å². The van der Waals surface area contributed by atoms with Crippen molar-refractivity contribution in [3.8, 4) is 0 Å². The van der Waals surface area contributed by atoms with Crippen molar-refractivity contribution in [3.05, 3.63) is 64.7 Å². The number of halogens is 1. The summed E-state index contributed by atoms with van der Waals surface area (Å²) in [6, 6.07) is 16.1. The highest BCUT2D eigenvalue weighted by Gasteiger charge is 2.00. The molecule has 2 aromatic rings. The monoisotopic (exact) mass is 263 g/mol. The summed E-state index contributed by atoms with van der Waals surface area (Å²) in [5, 5.41) is 0.694. The predicted molar refractivity (Wildman–Crippen MR) is 77.3 cm³/mol. The van der Waals surface area contributed by atoms with Crippen molar-refractivity contribution in [2.45, 2.75) is 11.5 Å². The number of thioether (sulfide) groups is 1. The highest BCUT2D eigenvalue weighted by atomic mass is 35.5. The van der Waals surface area contributed by atoms with Gasteiger partial charge in [0.1, 0.15) is 0 Å². The molecule has 0 unspecified atom stereocenters. The molecule has 17 heavy (non-hydrogen) atoms. The third-order valence-electron chi connectivity index (χ3n) is 2.48. The van der Waals surface area contributed by atoms with Crippen molar-refractivity contribution in [3.63, 3.8) is 0 Å². The summed E-state index contributed by atoms with van der Waals surface area (Å²) in [6.07, 6.45) is 0. The third kappa shape index (κ3) is 3.69. The van der Waals surface area contributed by atoms with Gasteiger partial charge in [0.05, 0.1) is 0 Å². The second-order valence-electron chi connectivity index (χ2n) is 3.82. The topological polar surface area (TPSA) is 26.0 Å². The molecule has 0 atom stereocenters. The summed E-state index contributed by atoms with van der Waals surface area (Å²) in [6.45, 7) is 0. The van der Waals surface area contributed by atoms with E-state index < -0.39 is 0 Å². The predicted octanol–water partition coefficient (Wildman–Crippen LogP) is 4.36. The quantitative estimate of drug-likeness (QED) is 0.830. The summed E-state index contributed by atoms with van der Waals surface area (Å²) >= 11 is 7.72. The second-order valence-corrected chi connectivity index (χ2v) is 5.24. The molecule has 0 aliphatic rings. The van der Waals surface area contributed by atoms with E-state index in [0.29, 0.717) is 5.02 Å². The van der Waals surface area contributed by atoms with Crippen molar-refractivity contribution >= 4 is 29.1 Å². The molecule has 88 valence electrons. The summed E-state index contributed by atoms with van der Waals surface area (Å²) in [5.41, 5.74) is 9.17. The Hall–Kier alpha value is -1.12. The zero-order valence-electron chi connectivity index (χ0n) is 9.40. The van der Waals surface area contributed by atoms with E-state index in [2.05, 4.69) is 24.3 Å². The van der Waals surface area contributed by atoms with Crippen LogP contribution in [0, 0.1) is 0 Å². The number of hydrogen-bond donors (Lipinski definition) is 1. The average molecular weight is 264 g/mol. The van der Waals surface area contributed by atoms with E-state index in [1.165, 1.54) is 5.56 Å². The van der Waals surface area contributed by atoms with Crippen LogP contribution in [0.3, 0.4) is 0 Å². The normalized spacial score (nSPS) is 10.4. The smallest absolute Gasteiger partial charge is 0.0426 e. The minimum atomic E-state index is 0.694. The number of anilines is 1. The van der Waals surface area contributed by atoms with E-state index in [1.807, 2.05) is 30.0 Å². The Balaban J connectivity index is 1.90. The highest BCUT2D eigenvalue weighted by Crippen LogP contribution is 2.24. The average Bonchev–Trinajstić information content (AvgIpc) is 2.33. The largest absolute Gasteiger partial charge is 0.398 e. The van der Waals surface area contributed by atoms with Crippen molar-refractivity contribution in [2.75, 3.05) is 5.73 Å². The van der Waals surface area contributed by atoms with Crippen LogP contribution in [0.2, 0.25) is 5.02 Å². The minimum Gasteiger partial charge on any atom is -0.398 e. The van der Waals surface area contributed by atoms with E-state index in [-0.39, 0.29) is 0 Å². The molecule has 0 aliphatic heterocycles. The fourth-order valence-corrected chi connectivity index (χ4v) is 2.74. The zero-order chi connectivity index (χ0) is 12.1. The lowest BCUT2D eigenvalue weighted by atomic mass is 10.2. The van der Waals surface area contributed by atoms with Crippen molar-refractivity contribution in [1.29, 1.82) is 0 Å². The van der Waals surface area contributed by atoms with Gasteiger partial charge in [0.2, 0.25) is 0 Å². The zero-order valence-corrected chi connectivity index (χ0v) is 11.0. The Morgan fingerprint density at radius 3 is 2.47 bits per heavy atom. The van der Waals surface area contributed by atoms with Crippen LogP contribution < -0.4 is 5.73 Å². The number of nitrogen functional groups attached to an aromatic ring is 1. The SMILES string of the molecule is Nc1cc(Cl)ccc1CSCc1ccccc1. The van der Waals surface area contributed by atoms with E-state index in [4.69, 9.17) is 17.3 Å². The number of rotatable bonds is 4. The van der Waals surface area contributed by atoms with Crippen molar-refractivity contribution in [2.24, 2.45) is 0 Å². The summed E-state index contributed by atoms with van der Waals surface area (Å²) in [7, 11) is 0. The maximum absolute atomic E-state index is 5.90. The van der Waals surface area contributed by atoms with E-state index in [9.17, 15) is 0 Å². The molecule has 0 heterocycles. The van der Waals surface area contributed by atoms with Crippen LogP contribution in [-0.4, -0.2) is 0 Å². The number of hydrogen-bond acceptors (Lipinski definition) is 2. The molecule has 2 aromatic carbocycles. The molecule has 1 nitrogen and oxygen atoms in total. The molecule has 2 rings (SSSR count). The second kappa shape index (κ2) is 5.99. The van der Waals surface area contributed by atoms with Gasteiger partial charge in [-0.3, -0.25) is 0 Å². The van der Waals surface area contributed by atoms with Gasteiger partial charge in [0.15, 0.2) is 0 Å². The van der Waals surface area contributed by atoms with Crippen molar-refractivity contribution < 1.29 is 0 Å². The summed E-state index contributed by atoms with van der Waals surface area (Å²) in [5.74, 6) is 1.92. The maximum atomic E-state index is 5.90. The first-order valence-corrected chi connectivity index (χ1v) is 6.94. The lowest BCUT2D eigenvalue weighted by Crippen LogP contribution is -1.92. The van der Waals surface area contributed by atoms with Gasteiger partial charge < -0.3 is 5.73 Å². The van der Waals surface area contributed by atoms with Gasteiger partial charge in [-0.15, -0.1) is 0 Å². The van der Waals surface area contributed by atoms with E-state index in [1.54, 1.807) is 6.07 Å². The lowest BCUT2D eigenvalue weighted by Gasteiger charge is -2.06. The Labute approximate surface area is 111 Å². The van der Waals surface area contributed by atoms with Crippen LogP contribution in [0.5, 0.6) is 0 Å². The fraction of sp³-hybridized carbons (Fsp3) is 0.143. The molecular weight excluding hydrogens is 250 g/mol. The van der Waals surface area contributed by atoms with Gasteiger partial charge >= 0.3 is 0 Å². The lowest BCUT2D eigenvalue weighted by molar-refractivity contribution is 1.37. The molecule has 0 saturated heterocycles. The van der Waals surface area contributed by atoms with Gasteiger partial charge in [-0.25, -0.2) is 0 Å². The van der Waals surface area contributed by atoms with Crippen LogP contribution in [0.1, 0.15) is 11.1 Å². The van der Waals surface area contributed by atoms with Crippen LogP contribution in [0.4, 0.5) is 5.69 Å². The molecule has 0 aromatic heterocycles. The van der Waals surface area contributed by atoms with Crippen LogP contribution in [0.25, 0.3) is 0 Å². The maximum Gasteiger partial charge on any atom is 0.0426 e. The Kier molecular flexibility index (Phi) is 4.35. The van der Waals surface area contributed by atoms with E-state index >= 15 is 0 Å².